The molecule has 1 fully saturated rings. The lowest BCUT2D eigenvalue weighted by atomic mass is 10.0. The van der Waals surface area contributed by atoms with E-state index in [0.29, 0.717) is 29.6 Å². The number of carbonyl (C=O) groups excluding carboxylic acids is 1. The summed E-state index contributed by atoms with van der Waals surface area (Å²) in [5.74, 6) is -0.722. The molecule has 4 aromatic rings. The fraction of sp³-hybridized carbons (Fsp3) is 0.259. The molecule has 0 radical (unpaired) electrons. The predicted molar refractivity (Wildman–Crippen MR) is 138 cm³/mol. The fourth-order valence-electron chi connectivity index (χ4n) is 4.61. The van der Waals surface area contributed by atoms with Gasteiger partial charge in [-0.1, -0.05) is 54.8 Å². The summed E-state index contributed by atoms with van der Waals surface area (Å²) in [5, 5.41) is 2.55. The summed E-state index contributed by atoms with van der Waals surface area (Å²) < 4.78 is 38.8. The van der Waals surface area contributed by atoms with E-state index >= 15 is 0 Å². The number of sulfonamides is 1. The molecule has 1 aromatic heterocycles. The molecule has 3 aromatic carbocycles. The van der Waals surface area contributed by atoms with Gasteiger partial charge >= 0.3 is 11.6 Å². The Hall–Kier alpha value is -3.20. The highest BCUT2D eigenvalue weighted by molar-refractivity contribution is 7.89. The number of nitrogens with zero attached hydrogens (tertiary/aromatic N) is 1. The van der Waals surface area contributed by atoms with Crippen molar-refractivity contribution in [3.05, 3.63) is 87.2 Å². The minimum Gasteiger partial charge on any atom is -0.457 e. The van der Waals surface area contributed by atoms with Gasteiger partial charge in [-0.2, -0.15) is 4.31 Å². The van der Waals surface area contributed by atoms with Crippen molar-refractivity contribution in [3.8, 4) is 0 Å². The van der Waals surface area contributed by atoms with E-state index in [9.17, 15) is 18.0 Å². The maximum atomic E-state index is 13.3. The van der Waals surface area contributed by atoms with Crippen molar-refractivity contribution in [3.63, 3.8) is 0 Å². The van der Waals surface area contributed by atoms with Crippen molar-refractivity contribution in [1.29, 1.82) is 0 Å². The number of rotatable bonds is 5. The molecular formula is C27H24ClNO6S. The monoisotopic (exact) mass is 525 g/mol. The van der Waals surface area contributed by atoms with E-state index < -0.39 is 21.6 Å². The molecule has 0 spiro atoms. The van der Waals surface area contributed by atoms with Crippen LogP contribution in [0.15, 0.2) is 74.8 Å². The van der Waals surface area contributed by atoms with Crippen LogP contribution in [0, 0.1) is 0 Å². The maximum absolute atomic E-state index is 13.3. The molecule has 186 valence electrons. The Balaban J connectivity index is 1.44. The number of ether oxygens (including phenoxy) is 1. The van der Waals surface area contributed by atoms with Gasteiger partial charge in [-0.15, -0.1) is 0 Å². The average Bonchev–Trinajstić information content (AvgIpc) is 3.17. The minimum absolute atomic E-state index is 0.0499. The lowest BCUT2D eigenvalue weighted by molar-refractivity contribution is 0.0473. The van der Waals surface area contributed by atoms with Gasteiger partial charge in [0.25, 0.3) is 0 Å². The van der Waals surface area contributed by atoms with Gasteiger partial charge in [0.2, 0.25) is 10.0 Å². The number of carbonyl (C=O) groups is 1. The Bertz CT molecular complexity index is 1620. The highest BCUT2D eigenvalue weighted by atomic mass is 35.5. The van der Waals surface area contributed by atoms with Crippen molar-refractivity contribution >= 4 is 49.3 Å². The highest BCUT2D eigenvalue weighted by Crippen LogP contribution is 2.30. The number of esters is 1. The van der Waals surface area contributed by atoms with Crippen molar-refractivity contribution in [2.75, 3.05) is 13.1 Å². The molecule has 1 aliphatic rings. The summed E-state index contributed by atoms with van der Waals surface area (Å²) in [4.78, 5) is 25.0. The van der Waals surface area contributed by atoms with Gasteiger partial charge in [0.1, 0.15) is 17.1 Å². The second kappa shape index (κ2) is 10.0. The van der Waals surface area contributed by atoms with E-state index in [1.165, 1.54) is 28.6 Å². The Morgan fingerprint density at radius 3 is 2.50 bits per heavy atom. The third-order valence-electron chi connectivity index (χ3n) is 6.42. The maximum Gasteiger partial charge on any atom is 0.338 e. The summed E-state index contributed by atoms with van der Waals surface area (Å²) in [6.07, 6.45) is 3.53. The molecule has 0 unspecified atom stereocenters. The SMILES string of the molecule is O=C(OCc1cc(=O)oc2ccc3ccccc3c12)c1ccc(Cl)c(S(=O)(=O)N2CCCCCC2)c1. The zero-order valence-corrected chi connectivity index (χ0v) is 21.0. The number of hydrogen-bond donors (Lipinski definition) is 0. The molecule has 0 atom stereocenters. The van der Waals surface area contributed by atoms with Gasteiger partial charge in [0.15, 0.2) is 0 Å². The van der Waals surface area contributed by atoms with Crippen LogP contribution in [0.25, 0.3) is 21.7 Å². The summed E-state index contributed by atoms with van der Waals surface area (Å²) in [5.41, 5.74) is 0.397. The molecule has 36 heavy (non-hydrogen) atoms. The topological polar surface area (TPSA) is 93.9 Å². The van der Waals surface area contributed by atoms with Gasteiger partial charge in [-0.3, -0.25) is 0 Å². The summed E-state index contributed by atoms with van der Waals surface area (Å²) in [6.45, 7) is 0.654. The number of benzene rings is 3. The third-order valence-corrected chi connectivity index (χ3v) is 8.80. The summed E-state index contributed by atoms with van der Waals surface area (Å²) in [7, 11) is -3.86. The molecule has 0 saturated carbocycles. The normalized spacial score (nSPS) is 15.1. The van der Waals surface area contributed by atoms with Crippen LogP contribution in [0.1, 0.15) is 41.6 Å². The number of halogens is 1. The largest absolute Gasteiger partial charge is 0.457 e. The standard InChI is InChI=1S/C27H24ClNO6S/c28-22-11-9-19(15-24(22)36(32,33)29-13-5-1-2-6-14-29)27(31)34-17-20-16-25(30)35-23-12-10-18-7-3-4-8-21(18)26(20)23/h3-4,7-12,15-16H,1-2,5-6,13-14,17H2. The first kappa shape index (κ1) is 24.5. The molecule has 0 amide bonds. The van der Waals surface area contributed by atoms with E-state index in [4.69, 9.17) is 20.8 Å². The zero-order chi connectivity index (χ0) is 25.3. The van der Waals surface area contributed by atoms with Crippen LogP contribution in [0.2, 0.25) is 5.02 Å². The van der Waals surface area contributed by atoms with E-state index in [2.05, 4.69) is 0 Å². The zero-order valence-electron chi connectivity index (χ0n) is 19.4. The van der Waals surface area contributed by atoms with Crippen molar-refractivity contribution in [2.45, 2.75) is 37.2 Å². The van der Waals surface area contributed by atoms with Gasteiger partial charge in [-0.05, 0) is 47.9 Å². The Kier molecular flexibility index (Phi) is 6.83. The third kappa shape index (κ3) is 4.76. The van der Waals surface area contributed by atoms with Crippen LogP contribution in [-0.2, 0) is 21.4 Å². The van der Waals surface area contributed by atoms with Crippen LogP contribution in [0.5, 0.6) is 0 Å². The minimum atomic E-state index is -3.86. The van der Waals surface area contributed by atoms with Crippen LogP contribution >= 0.6 is 11.6 Å². The van der Waals surface area contributed by atoms with Crippen LogP contribution < -0.4 is 5.63 Å². The summed E-state index contributed by atoms with van der Waals surface area (Å²) >= 11 is 6.25. The quantitative estimate of drug-likeness (QED) is 0.193. The van der Waals surface area contributed by atoms with E-state index in [0.717, 1.165) is 36.5 Å². The van der Waals surface area contributed by atoms with Crippen LogP contribution in [0.4, 0.5) is 0 Å². The molecule has 7 nitrogen and oxygen atoms in total. The van der Waals surface area contributed by atoms with Gasteiger partial charge in [-0.25, -0.2) is 18.0 Å². The lowest BCUT2D eigenvalue weighted by Crippen LogP contribution is -2.32. The molecule has 0 bridgehead atoms. The van der Waals surface area contributed by atoms with E-state index in [-0.39, 0.29) is 22.1 Å². The van der Waals surface area contributed by atoms with E-state index in [1.807, 2.05) is 30.3 Å². The second-order valence-corrected chi connectivity index (χ2v) is 11.1. The fourth-order valence-corrected chi connectivity index (χ4v) is 6.63. The number of hydrogen-bond acceptors (Lipinski definition) is 6. The first-order valence-corrected chi connectivity index (χ1v) is 13.6. The first-order chi connectivity index (χ1) is 17.3. The van der Waals surface area contributed by atoms with Crippen molar-refractivity contribution in [1.82, 2.24) is 4.31 Å². The van der Waals surface area contributed by atoms with E-state index in [1.54, 1.807) is 6.07 Å². The van der Waals surface area contributed by atoms with Gasteiger partial charge < -0.3 is 9.15 Å². The Labute approximate surface area is 213 Å². The molecule has 0 aliphatic carbocycles. The number of fused-ring (bicyclic) bond motifs is 3. The molecule has 2 heterocycles. The molecule has 9 heteroatoms. The lowest BCUT2D eigenvalue weighted by Gasteiger charge is -2.21. The van der Waals surface area contributed by atoms with Gasteiger partial charge in [0, 0.05) is 30.1 Å². The van der Waals surface area contributed by atoms with Crippen molar-refractivity contribution in [2.24, 2.45) is 0 Å². The molecule has 1 aliphatic heterocycles. The van der Waals surface area contributed by atoms with Gasteiger partial charge in [0.05, 0.1) is 10.6 Å². The highest BCUT2D eigenvalue weighted by Gasteiger charge is 2.28. The Morgan fingerprint density at radius 1 is 0.972 bits per heavy atom. The van der Waals surface area contributed by atoms with Crippen LogP contribution in [-0.4, -0.2) is 31.8 Å². The average molecular weight is 526 g/mol. The molecule has 0 N–H and O–H groups in total. The van der Waals surface area contributed by atoms with Crippen LogP contribution in [0.3, 0.4) is 0 Å². The molecule has 1 saturated heterocycles. The summed E-state index contributed by atoms with van der Waals surface area (Å²) in [6, 6.07) is 16.6. The van der Waals surface area contributed by atoms with Crippen molar-refractivity contribution < 1.29 is 22.4 Å². The molecular weight excluding hydrogens is 502 g/mol. The Morgan fingerprint density at radius 2 is 1.72 bits per heavy atom. The smallest absolute Gasteiger partial charge is 0.338 e. The predicted octanol–water partition coefficient (Wildman–Crippen LogP) is 5.52. The first-order valence-electron chi connectivity index (χ1n) is 11.8. The molecule has 5 rings (SSSR count). The second-order valence-electron chi connectivity index (χ2n) is 8.79.